The van der Waals surface area contributed by atoms with Crippen molar-refractivity contribution in [3.8, 4) is 0 Å². The molecule has 2 heterocycles. The molecule has 0 unspecified atom stereocenters. The van der Waals surface area contributed by atoms with Crippen LogP contribution in [0.4, 0.5) is 10.5 Å². The fourth-order valence-corrected chi connectivity index (χ4v) is 3.75. The Hall–Kier alpha value is -2.08. The smallest absolute Gasteiger partial charge is 0.322 e. The van der Waals surface area contributed by atoms with E-state index in [1.165, 1.54) is 6.42 Å². The molecule has 0 radical (unpaired) electrons. The van der Waals surface area contributed by atoms with Crippen molar-refractivity contribution in [2.24, 2.45) is 5.92 Å². The summed E-state index contributed by atoms with van der Waals surface area (Å²) in [5, 5.41) is 2.82. The first-order valence-electron chi connectivity index (χ1n) is 10.0. The van der Waals surface area contributed by atoms with Crippen molar-refractivity contribution in [2.75, 3.05) is 37.7 Å². The molecule has 6 heteroatoms. The molecule has 1 aromatic carbocycles. The van der Waals surface area contributed by atoms with Gasteiger partial charge in [0.15, 0.2) is 0 Å². The summed E-state index contributed by atoms with van der Waals surface area (Å²) in [6.07, 6.45) is 3.43. The molecule has 3 amide bonds. The number of morpholine rings is 1. The quantitative estimate of drug-likeness (QED) is 0.833. The third-order valence-electron chi connectivity index (χ3n) is 5.34. The van der Waals surface area contributed by atoms with Crippen molar-refractivity contribution >= 4 is 17.6 Å². The normalized spacial score (nSPS) is 20.3. The number of carbonyl (C=O) groups excluding carboxylic acids is 2. The molecule has 0 spiro atoms. The van der Waals surface area contributed by atoms with Crippen LogP contribution in [0.1, 0.15) is 49.0 Å². The molecule has 0 saturated carbocycles. The van der Waals surface area contributed by atoms with E-state index in [0.29, 0.717) is 44.3 Å². The third kappa shape index (κ3) is 4.80. The lowest BCUT2D eigenvalue weighted by molar-refractivity contribution is -0.0260. The van der Waals surface area contributed by atoms with E-state index in [2.05, 4.69) is 19.2 Å². The van der Waals surface area contributed by atoms with E-state index in [1.807, 2.05) is 30.0 Å². The van der Waals surface area contributed by atoms with Crippen LogP contribution in [0.15, 0.2) is 18.2 Å². The molecule has 3 rings (SSSR count). The lowest BCUT2D eigenvalue weighted by atomic mass is 10.0. The number of nitrogens with zero attached hydrogens (tertiary/aromatic N) is 2. The Kier molecular flexibility index (Phi) is 6.37. The van der Waals surface area contributed by atoms with Crippen LogP contribution in [0.3, 0.4) is 0 Å². The molecule has 1 N–H and O–H groups in total. The molecule has 6 nitrogen and oxygen atoms in total. The maximum atomic E-state index is 13.0. The van der Waals surface area contributed by atoms with Crippen molar-refractivity contribution in [3.05, 3.63) is 29.3 Å². The molecule has 0 aliphatic carbocycles. The Balaban J connectivity index is 1.67. The third-order valence-corrected chi connectivity index (χ3v) is 5.34. The average Bonchev–Trinajstić information content (AvgIpc) is 3.07. The number of hydrogen-bond acceptors (Lipinski definition) is 3. The molecule has 2 aliphatic rings. The van der Waals surface area contributed by atoms with Gasteiger partial charge in [0.1, 0.15) is 0 Å². The minimum absolute atomic E-state index is 0.0213. The van der Waals surface area contributed by atoms with E-state index in [0.717, 1.165) is 24.1 Å². The number of rotatable bonds is 6. The number of ether oxygens (including phenoxy) is 1. The second kappa shape index (κ2) is 8.74. The number of nitrogens with one attached hydrogen (secondary N) is 1. The van der Waals surface area contributed by atoms with Crippen molar-refractivity contribution in [3.63, 3.8) is 0 Å². The first-order valence-corrected chi connectivity index (χ1v) is 10.0. The summed E-state index contributed by atoms with van der Waals surface area (Å²) in [5.41, 5.74) is 2.45. The van der Waals surface area contributed by atoms with Crippen LogP contribution in [0.2, 0.25) is 0 Å². The van der Waals surface area contributed by atoms with E-state index in [4.69, 9.17) is 4.74 Å². The highest BCUT2D eigenvalue weighted by Gasteiger charge is 2.27. The molecule has 2 fully saturated rings. The topological polar surface area (TPSA) is 61.9 Å². The fourth-order valence-electron chi connectivity index (χ4n) is 3.75. The summed E-state index contributed by atoms with van der Waals surface area (Å²) in [6.45, 7) is 9.54. The molecule has 1 atom stereocenters. The summed E-state index contributed by atoms with van der Waals surface area (Å²) in [7, 11) is 0. The highest BCUT2D eigenvalue weighted by Crippen LogP contribution is 2.25. The molecule has 148 valence electrons. The molecule has 1 aromatic rings. The minimum Gasteiger partial charge on any atom is -0.375 e. The largest absolute Gasteiger partial charge is 0.375 e. The monoisotopic (exact) mass is 373 g/mol. The van der Waals surface area contributed by atoms with Gasteiger partial charge in [0.25, 0.3) is 5.91 Å². The number of hydrogen-bond donors (Lipinski definition) is 1. The maximum Gasteiger partial charge on any atom is 0.322 e. The van der Waals surface area contributed by atoms with Gasteiger partial charge in [0.2, 0.25) is 0 Å². The van der Waals surface area contributed by atoms with Gasteiger partial charge in [-0.2, -0.15) is 0 Å². The van der Waals surface area contributed by atoms with Crippen molar-refractivity contribution in [2.45, 2.75) is 46.1 Å². The molecular formula is C21H31N3O3. The number of amides is 3. The summed E-state index contributed by atoms with van der Waals surface area (Å²) >= 11 is 0. The fraction of sp³-hybridized carbons (Fsp3) is 0.619. The Morgan fingerprint density at radius 3 is 2.85 bits per heavy atom. The number of benzene rings is 1. The van der Waals surface area contributed by atoms with Crippen LogP contribution in [0, 0.1) is 12.8 Å². The van der Waals surface area contributed by atoms with E-state index >= 15 is 0 Å². The van der Waals surface area contributed by atoms with Gasteiger partial charge in [-0.1, -0.05) is 32.8 Å². The van der Waals surface area contributed by atoms with Crippen LogP contribution in [0.5, 0.6) is 0 Å². The second-order valence-corrected chi connectivity index (χ2v) is 7.95. The second-order valence-electron chi connectivity index (χ2n) is 7.95. The zero-order valence-corrected chi connectivity index (χ0v) is 16.7. The Morgan fingerprint density at radius 1 is 1.33 bits per heavy atom. The Labute approximate surface area is 161 Å². The van der Waals surface area contributed by atoms with E-state index in [-0.39, 0.29) is 18.0 Å². The first-order chi connectivity index (χ1) is 13.0. The highest BCUT2D eigenvalue weighted by atomic mass is 16.5. The van der Waals surface area contributed by atoms with Crippen LogP contribution in [-0.2, 0) is 4.74 Å². The van der Waals surface area contributed by atoms with E-state index in [9.17, 15) is 9.59 Å². The van der Waals surface area contributed by atoms with Gasteiger partial charge in [-0.15, -0.1) is 0 Å². The predicted octanol–water partition coefficient (Wildman–Crippen LogP) is 3.19. The molecule has 27 heavy (non-hydrogen) atoms. The van der Waals surface area contributed by atoms with Gasteiger partial charge in [-0.3, -0.25) is 9.69 Å². The highest BCUT2D eigenvalue weighted by molar-refractivity contribution is 5.99. The Bertz CT molecular complexity index is 689. The molecule has 2 saturated heterocycles. The number of aryl methyl sites for hydroxylation is 1. The summed E-state index contributed by atoms with van der Waals surface area (Å²) in [4.78, 5) is 28.6. The SMILES string of the molecule is Cc1ccc(C(=O)N2CCO[C@@H](CCCC(C)C)C2)cc1N1CCNC1=O. The maximum absolute atomic E-state index is 13.0. The van der Waals surface area contributed by atoms with Crippen molar-refractivity contribution in [1.29, 1.82) is 0 Å². The number of anilines is 1. The standard InChI is InChI=1S/C21H31N3O3/c1-15(2)5-4-6-18-14-23(11-12-27-18)20(25)17-8-7-16(3)19(13-17)24-10-9-22-21(24)26/h7-8,13,15,18H,4-6,9-12,14H2,1-3H3,(H,22,26)/t18-/m0/s1. The van der Waals surface area contributed by atoms with Crippen molar-refractivity contribution in [1.82, 2.24) is 10.2 Å². The molecular weight excluding hydrogens is 342 g/mol. The van der Waals surface area contributed by atoms with E-state index in [1.54, 1.807) is 4.90 Å². The lowest BCUT2D eigenvalue weighted by Gasteiger charge is -2.33. The Morgan fingerprint density at radius 2 is 2.15 bits per heavy atom. The first kappa shape index (κ1) is 19.7. The van der Waals surface area contributed by atoms with Gasteiger partial charge in [-0.25, -0.2) is 4.79 Å². The van der Waals surface area contributed by atoms with Crippen LogP contribution in [-0.4, -0.2) is 55.7 Å². The molecule has 2 aliphatic heterocycles. The van der Waals surface area contributed by atoms with Crippen molar-refractivity contribution < 1.29 is 14.3 Å². The minimum atomic E-state index is -0.0979. The van der Waals surface area contributed by atoms with Crippen LogP contribution < -0.4 is 10.2 Å². The zero-order valence-electron chi connectivity index (χ0n) is 16.7. The summed E-state index contributed by atoms with van der Waals surface area (Å²) in [5.74, 6) is 0.716. The van der Waals surface area contributed by atoms with Gasteiger partial charge in [0, 0.05) is 37.4 Å². The van der Waals surface area contributed by atoms with Gasteiger partial charge in [-0.05, 0) is 37.0 Å². The molecule has 0 aromatic heterocycles. The van der Waals surface area contributed by atoms with Crippen LogP contribution in [0.25, 0.3) is 0 Å². The number of carbonyl (C=O) groups is 2. The van der Waals surface area contributed by atoms with Gasteiger partial charge < -0.3 is 15.0 Å². The predicted molar refractivity (Wildman–Crippen MR) is 106 cm³/mol. The van der Waals surface area contributed by atoms with Gasteiger partial charge in [0.05, 0.1) is 12.7 Å². The van der Waals surface area contributed by atoms with Crippen LogP contribution >= 0.6 is 0 Å². The molecule has 0 bridgehead atoms. The summed E-state index contributed by atoms with van der Waals surface area (Å²) < 4.78 is 5.86. The lowest BCUT2D eigenvalue weighted by Crippen LogP contribution is -2.45. The summed E-state index contributed by atoms with van der Waals surface area (Å²) in [6, 6.07) is 5.54. The number of urea groups is 1. The van der Waals surface area contributed by atoms with Gasteiger partial charge >= 0.3 is 6.03 Å². The average molecular weight is 373 g/mol. The van der Waals surface area contributed by atoms with E-state index < -0.39 is 0 Å². The zero-order chi connectivity index (χ0) is 19.4.